The molecule has 0 bridgehead atoms. The number of nitrogens with zero attached hydrogens (tertiary/aromatic N) is 1. The zero-order chi connectivity index (χ0) is 19.6. The van der Waals surface area contributed by atoms with Crippen LogP contribution in [0.15, 0.2) is 0 Å². The lowest BCUT2D eigenvalue weighted by Crippen LogP contribution is -2.57. The summed E-state index contributed by atoms with van der Waals surface area (Å²) in [5.41, 5.74) is 5.25. The highest BCUT2D eigenvalue weighted by atomic mass is 32.2. The van der Waals surface area contributed by atoms with Gasteiger partial charge in [-0.15, -0.1) is 0 Å². The number of amides is 4. The Morgan fingerprint density at radius 3 is 2.58 bits per heavy atom. The van der Waals surface area contributed by atoms with Crippen LogP contribution in [0.4, 0.5) is 0 Å². The highest BCUT2D eigenvalue weighted by Gasteiger charge is 2.40. The van der Waals surface area contributed by atoms with Crippen molar-refractivity contribution < 1.29 is 32.1 Å². The highest BCUT2D eigenvalue weighted by Crippen LogP contribution is 2.19. The standard InChI is InChI=1S/C14H22N4O7S/c1-7-5-10(19)17-11(7)13(21)16-8(6-26(23,24)25)14(22)18-4-2-3-9(18)12(15)20/h7-9,11H,2-6H2,1H3,(H2,15,20)(H,16,21)(H,17,19)(H,23,24,25)/t7?,8-,9-,11-/m0/s1. The zero-order valence-electron chi connectivity index (χ0n) is 14.2. The fourth-order valence-electron chi connectivity index (χ4n) is 3.28. The Morgan fingerprint density at radius 1 is 1.42 bits per heavy atom. The summed E-state index contributed by atoms with van der Waals surface area (Å²) in [5, 5.41) is 4.71. The number of carbonyl (C=O) groups excluding carboxylic acids is 4. The van der Waals surface area contributed by atoms with Crippen molar-refractivity contribution in [3.8, 4) is 0 Å². The van der Waals surface area contributed by atoms with Gasteiger partial charge >= 0.3 is 0 Å². The van der Waals surface area contributed by atoms with Gasteiger partial charge in [-0.1, -0.05) is 6.92 Å². The van der Waals surface area contributed by atoms with E-state index in [1.54, 1.807) is 6.92 Å². The van der Waals surface area contributed by atoms with E-state index < -0.39 is 51.7 Å². The normalized spacial score (nSPS) is 27.1. The maximum atomic E-state index is 12.7. The van der Waals surface area contributed by atoms with Crippen molar-refractivity contribution in [1.29, 1.82) is 0 Å². The molecule has 2 aliphatic heterocycles. The molecule has 0 saturated carbocycles. The van der Waals surface area contributed by atoms with Crippen LogP contribution in [-0.4, -0.2) is 71.9 Å². The molecular weight excluding hydrogens is 368 g/mol. The first-order valence-corrected chi connectivity index (χ1v) is 9.75. The second kappa shape index (κ2) is 7.58. The van der Waals surface area contributed by atoms with Crippen LogP contribution in [-0.2, 0) is 29.3 Å². The number of likely N-dealkylation sites (tertiary alicyclic amines) is 1. The average molecular weight is 390 g/mol. The summed E-state index contributed by atoms with van der Waals surface area (Å²) >= 11 is 0. The molecule has 0 aromatic heterocycles. The Morgan fingerprint density at radius 2 is 2.08 bits per heavy atom. The van der Waals surface area contributed by atoms with Gasteiger partial charge in [0.25, 0.3) is 10.1 Å². The third kappa shape index (κ3) is 4.69. The number of nitrogens with two attached hydrogens (primary N) is 1. The van der Waals surface area contributed by atoms with E-state index in [-0.39, 0.29) is 24.8 Å². The minimum Gasteiger partial charge on any atom is -0.368 e. The van der Waals surface area contributed by atoms with Gasteiger partial charge in [-0.25, -0.2) is 0 Å². The number of hydrogen-bond donors (Lipinski definition) is 4. The van der Waals surface area contributed by atoms with Crippen LogP contribution in [0.2, 0.25) is 0 Å². The van der Waals surface area contributed by atoms with Gasteiger partial charge in [-0.3, -0.25) is 23.7 Å². The molecule has 1 unspecified atom stereocenters. The molecule has 4 atom stereocenters. The largest absolute Gasteiger partial charge is 0.368 e. The molecule has 12 heteroatoms. The van der Waals surface area contributed by atoms with Gasteiger partial charge in [0.1, 0.15) is 23.9 Å². The maximum Gasteiger partial charge on any atom is 0.267 e. The van der Waals surface area contributed by atoms with Crippen molar-refractivity contribution in [2.45, 2.75) is 44.3 Å². The van der Waals surface area contributed by atoms with Crippen LogP contribution in [0.3, 0.4) is 0 Å². The first-order chi connectivity index (χ1) is 12.0. The van der Waals surface area contributed by atoms with E-state index in [4.69, 9.17) is 10.3 Å². The average Bonchev–Trinajstić information content (AvgIpc) is 3.10. The van der Waals surface area contributed by atoms with Gasteiger partial charge < -0.3 is 21.3 Å². The monoisotopic (exact) mass is 390 g/mol. The topological polar surface area (TPSA) is 176 Å². The third-order valence-electron chi connectivity index (χ3n) is 4.53. The van der Waals surface area contributed by atoms with E-state index in [9.17, 15) is 27.6 Å². The number of hydrogen-bond acceptors (Lipinski definition) is 6. The SMILES string of the molecule is CC1CC(=O)N[C@@H]1C(=O)N[C@@H](CS(=O)(=O)O)C(=O)N1CCC[C@H]1C(N)=O. The van der Waals surface area contributed by atoms with Crippen LogP contribution < -0.4 is 16.4 Å². The van der Waals surface area contributed by atoms with Crippen LogP contribution in [0.1, 0.15) is 26.2 Å². The lowest BCUT2D eigenvalue weighted by molar-refractivity contribution is -0.140. The number of carbonyl (C=O) groups is 4. The Hall–Kier alpha value is -2.21. The Labute approximate surface area is 150 Å². The maximum absolute atomic E-state index is 12.7. The van der Waals surface area contributed by atoms with Crippen LogP contribution in [0.5, 0.6) is 0 Å². The minimum absolute atomic E-state index is 0.130. The lowest BCUT2D eigenvalue weighted by atomic mass is 10.0. The molecule has 146 valence electrons. The molecule has 2 aliphatic rings. The smallest absolute Gasteiger partial charge is 0.267 e. The van der Waals surface area contributed by atoms with Crippen molar-refractivity contribution in [3.63, 3.8) is 0 Å². The predicted octanol–water partition coefficient (Wildman–Crippen LogP) is -2.64. The Bertz CT molecular complexity index is 723. The molecule has 26 heavy (non-hydrogen) atoms. The molecule has 4 amide bonds. The number of primary amides is 1. The summed E-state index contributed by atoms with van der Waals surface area (Å²) in [6.07, 6.45) is 0.968. The molecule has 2 rings (SSSR count). The zero-order valence-corrected chi connectivity index (χ0v) is 15.0. The Balaban J connectivity index is 2.18. The third-order valence-corrected chi connectivity index (χ3v) is 5.29. The summed E-state index contributed by atoms with van der Waals surface area (Å²) in [5.74, 6) is -4.01. The van der Waals surface area contributed by atoms with Crippen molar-refractivity contribution in [2.24, 2.45) is 11.7 Å². The molecule has 2 heterocycles. The van der Waals surface area contributed by atoms with E-state index in [0.717, 1.165) is 4.90 Å². The summed E-state index contributed by atoms with van der Waals surface area (Å²) in [6.45, 7) is 1.84. The van der Waals surface area contributed by atoms with Crippen molar-refractivity contribution >= 4 is 33.7 Å². The second-order valence-corrected chi connectivity index (χ2v) is 8.13. The van der Waals surface area contributed by atoms with Gasteiger partial charge in [-0.05, 0) is 18.8 Å². The summed E-state index contributed by atoms with van der Waals surface area (Å²) in [7, 11) is -4.59. The summed E-state index contributed by atoms with van der Waals surface area (Å²) < 4.78 is 31.7. The fourth-order valence-corrected chi connectivity index (χ4v) is 3.93. The van der Waals surface area contributed by atoms with Crippen LogP contribution in [0, 0.1) is 5.92 Å². The predicted molar refractivity (Wildman–Crippen MR) is 88.0 cm³/mol. The van der Waals surface area contributed by atoms with Gasteiger partial charge in [0.05, 0.1) is 0 Å². The Kier molecular flexibility index (Phi) is 5.86. The highest BCUT2D eigenvalue weighted by molar-refractivity contribution is 7.85. The fraction of sp³-hybridized carbons (Fsp3) is 0.714. The number of nitrogens with one attached hydrogen (secondary N) is 2. The number of rotatable bonds is 6. The van der Waals surface area contributed by atoms with Gasteiger partial charge in [0, 0.05) is 13.0 Å². The molecule has 2 fully saturated rings. The molecule has 0 aromatic carbocycles. The summed E-state index contributed by atoms with van der Waals surface area (Å²) in [6, 6.07) is -3.40. The van der Waals surface area contributed by atoms with Crippen molar-refractivity contribution in [2.75, 3.05) is 12.3 Å². The second-order valence-electron chi connectivity index (χ2n) is 6.63. The molecule has 5 N–H and O–H groups in total. The van der Waals surface area contributed by atoms with Crippen molar-refractivity contribution in [3.05, 3.63) is 0 Å². The lowest BCUT2D eigenvalue weighted by Gasteiger charge is -2.28. The summed E-state index contributed by atoms with van der Waals surface area (Å²) in [4.78, 5) is 49.0. The van der Waals surface area contributed by atoms with Gasteiger partial charge in [-0.2, -0.15) is 8.42 Å². The van der Waals surface area contributed by atoms with Crippen molar-refractivity contribution in [1.82, 2.24) is 15.5 Å². The van der Waals surface area contributed by atoms with E-state index >= 15 is 0 Å². The quantitative estimate of drug-likeness (QED) is 0.358. The van der Waals surface area contributed by atoms with Gasteiger partial charge in [0.2, 0.25) is 23.6 Å². The molecular formula is C14H22N4O7S. The van der Waals surface area contributed by atoms with E-state index in [0.29, 0.717) is 12.8 Å². The van der Waals surface area contributed by atoms with Gasteiger partial charge in [0.15, 0.2) is 0 Å². The molecule has 0 aromatic rings. The first kappa shape index (κ1) is 20.1. The first-order valence-electron chi connectivity index (χ1n) is 8.14. The van der Waals surface area contributed by atoms with E-state index in [1.165, 1.54) is 0 Å². The minimum atomic E-state index is -4.59. The molecule has 2 saturated heterocycles. The van der Waals surface area contributed by atoms with E-state index in [2.05, 4.69) is 10.6 Å². The van der Waals surface area contributed by atoms with E-state index in [1.807, 2.05) is 0 Å². The molecule has 0 radical (unpaired) electrons. The van der Waals surface area contributed by atoms with Crippen LogP contribution >= 0.6 is 0 Å². The molecule has 0 aliphatic carbocycles. The molecule has 11 nitrogen and oxygen atoms in total. The van der Waals surface area contributed by atoms with Crippen LogP contribution in [0.25, 0.3) is 0 Å². The molecule has 0 spiro atoms.